The average molecular weight is 418 g/mol. The van der Waals surface area contributed by atoms with E-state index in [2.05, 4.69) is 11.1 Å². The number of sulfonamides is 1. The Balaban J connectivity index is 1.48. The first-order chi connectivity index (χ1) is 14.0. The quantitative estimate of drug-likeness (QED) is 0.757. The van der Waals surface area contributed by atoms with Crippen LogP contribution in [0.4, 0.5) is 10.3 Å². The SMILES string of the molecule is N#Cc1nc(C2CCCCC2)oc1N1CCN(S(=O)(=O)c2cccc(F)c2)CC1. The van der Waals surface area contributed by atoms with E-state index in [4.69, 9.17) is 4.42 Å². The summed E-state index contributed by atoms with van der Waals surface area (Å²) in [7, 11) is -3.76. The molecule has 1 aromatic heterocycles. The molecule has 4 rings (SSSR count). The largest absolute Gasteiger partial charge is 0.423 e. The smallest absolute Gasteiger partial charge is 0.243 e. The number of oxazole rings is 1. The zero-order valence-corrected chi connectivity index (χ0v) is 16.9. The van der Waals surface area contributed by atoms with E-state index in [1.807, 2.05) is 4.90 Å². The first-order valence-corrected chi connectivity index (χ1v) is 11.3. The van der Waals surface area contributed by atoms with Crippen LogP contribution in [0.15, 0.2) is 33.6 Å². The summed E-state index contributed by atoms with van der Waals surface area (Å²) in [6, 6.07) is 7.13. The van der Waals surface area contributed by atoms with E-state index in [0.717, 1.165) is 31.7 Å². The van der Waals surface area contributed by atoms with Crippen molar-refractivity contribution in [3.05, 3.63) is 41.7 Å². The van der Waals surface area contributed by atoms with Crippen molar-refractivity contribution in [2.75, 3.05) is 31.1 Å². The van der Waals surface area contributed by atoms with Gasteiger partial charge in [0, 0.05) is 32.1 Å². The number of halogens is 1. The minimum atomic E-state index is -3.76. The molecule has 0 unspecified atom stereocenters. The van der Waals surface area contributed by atoms with E-state index in [-0.39, 0.29) is 29.6 Å². The summed E-state index contributed by atoms with van der Waals surface area (Å²) in [5, 5.41) is 9.48. The molecule has 2 aliphatic rings. The fraction of sp³-hybridized carbons (Fsp3) is 0.500. The number of piperazine rings is 1. The Hall–Kier alpha value is -2.44. The molecule has 0 amide bonds. The topological polar surface area (TPSA) is 90.4 Å². The van der Waals surface area contributed by atoms with Crippen LogP contribution in [0.3, 0.4) is 0 Å². The van der Waals surface area contributed by atoms with Crippen molar-refractivity contribution >= 4 is 15.9 Å². The Morgan fingerprint density at radius 3 is 2.52 bits per heavy atom. The van der Waals surface area contributed by atoms with E-state index in [9.17, 15) is 18.1 Å². The number of rotatable bonds is 4. The zero-order chi connectivity index (χ0) is 20.4. The van der Waals surface area contributed by atoms with E-state index in [1.165, 1.54) is 28.9 Å². The van der Waals surface area contributed by atoms with E-state index in [1.54, 1.807) is 0 Å². The zero-order valence-electron chi connectivity index (χ0n) is 16.1. The lowest BCUT2D eigenvalue weighted by molar-refractivity contribution is 0.347. The second-order valence-electron chi connectivity index (χ2n) is 7.50. The van der Waals surface area contributed by atoms with Crippen molar-refractivity contribution in [1.82, 2.24) is 9.29 Å². The molecule has 2 fully saturated rings. The van der Waals surface area contributed by atoms with Gasteiger partial charge in [-0.05, 0) is 31.0 Å². The maximum absolute atomic E-state index is 13.4. The molecule has 0 N–H and O–H groups in total. The van der Waals surface area contributed by atoms with Crippen molar-refractivity contribution < 1.29 is 17.2 Å². The van der Waals surface area contributed by atoms with E-state index in [0.29, 0.717) is 24.9 Å². The molecule has 0 radical (unpaired) electrons. The van der Waals surface area contributed by atoms with Crippen LogP contribution in [-0.4, -0.2) is 43.9 Å². The van der Waals surface area contributed by atoms with Gasteiger partial charge in [-0.25, -0.2) is 17.8 Å². The van der Waals surface area contributed by atoms with Gasteiger partial charge >= 0.3 is 0 Å². The van der Waals surface area contributed by atoms with Gasteiger partial charge in [0.15, 0.2) is 0 Å². The van der Waals surface area contributed by atoms with Gasteiger partial charge in [0.25, 0.3) is 0 Å². The number of hydrogen-bond acceptors (Lipinski definition) is 6. The lowest BCUT2D eigenvalue weighted by Gasteiger charge is -2.33. The summed E-state index contributed by atoms with van der Waals surface area (Å²) < 4.78 is 46.3. The molecule has 0 spiro atoms. The van der Waals surface area contributed by atoms with Gasteiger partial charge in [-0.15, -0.1) is 0 Å². The lowest BCUT2D eigenvalue weighted by Crippen LogP contribution is -2.48. The fourth-order valence-electron chi connectivity index (χ4n) is 4.05. The highest BCUT2D eigenvalue weighted by Crippen LogP contribution is 2.35. The molecule has 1 aliphatic heterocycles. The molecule has 1 saturated heterocycles. The number of nitrogens with zero attached hydrogens (tertiary/aromatic N) is 4. The Bertz CT molecular complexity index is 1020. The van der Waals surface area contributed by atoms with Crippen LogP contribution in [0.5, 0.6) is 0 Å². The second-order valence-corrected chi connectivity index (χ2v) is 9.44. The summed E-state index contributed by atoms with van der Waals surface area (Å²) in [5.41, 5.74) is 0.256. The third kappa shape index (κ3) is 4.00. The highest BCUT2D eigenvalue weighted by atomic mass is 32.2. The number of hydrogen-bond donors (Lipinski definition) is 0. The Morgan fingerprint density at radius 2 is 1.86 bits per heavy atom. The van der Waals surface area contributed by atoms with Gasteiger partial charge in [0.2, 0.25) is 27.5 Å². The maximum Gasteiger partial charge on any atom is 0.243 e. The predicted molar refractivity (Wildman–Crippen MR) is 104 cm³/mol. The first kappa shape index (κ1) is 19.9. The standard InChI is InChI=1S/C20H23FN4O3S/c21-16-7-4-8-17(13-16)29(26,27)25-11-9-24(10-12-25)20-18(14-22)23-19(28-20)15-5-2-1-3-6-15/h4,7-8,13,15H,1-3,5-6,9-12H2. The number of nitriles is 1. The molecule has 2 heterocycles. The molecule has 1 aliphatic carbocycles. The van der Waals surface area contributed by atoms with Crippen LogP contribution in [0, 0.1) is 17.1 Å². The third-order valence-corrected chi connectivity index (χ3v) is 7.54. The molecule has 0 atom stereocenters. The number of aromatic nitrogens is 1. The van der Waals surface area contributed by atoms with Crippen molar-refractivity contribution in [2.24, 2.45) is 0 Å². The molecular weight excluding hydrogens is 395 g/mol. The molecular formula is C20H23FN4O3S. The highest BCUT2D eigenvalue weighted by molar-refractivity contribution is 7.89. The van der Waals surface area contributed by atoms with Gasteiger partial charge in [0.05, 0.1) is 4.90 Å². The van der Waals surface area contributed by atoms with Crippen LogP contribution in [0.2, 0.25) is 0 Å². The molecule has 7 nitrogen and oxygen atoms in total. The van der Waals surface area contributed by atoms with E-state index < -0.39 is 15.8 Å². The van der Waals surface area contributed by atoms with Crippen LogP contribution in [-0.2, 0) is 10.0 Å². The Morgan fingerprint density at radius 1 is 1.14 bits per heavy atom. The molecule has 29 heavy (non-hydrogen) atoms. The van der Waals surface area contributed by atoms with Crippen LogP contribution < -0.4 is 4.90 Å². The van der Waals surface area contributed by atoms with Gasteiger partial charge in [0.1, 0.15) is 11.9 Å². The van der Waals surface area contributed by atoms with Crippen molar-refractivity contribution in [3.8, 4) is 6.07 Å². The van der Waals surface area contributed by atoms with Crippen LogP contribution in [0.25, 0.3) is 0 Å². The van der Waals surface area contributed by atoms with Crippen molar-refractivity contribution in [2.45, 2.75) is 42.9 Å². The Labute approximate surface area is 169 Å². The average Bonchev–Trinajstić information content (AvgIpc) is 3.19. The van der Waals surface area contributed by atoms with E-state index >= 15 is 0 Å². The fourth-order valence-corrected chi connectivity index (χ4v) is 5.50. The second kappa shape index (κ2) is 8.13. The number of benzene rings is 1. The summed E-state index contributed by atoms with van der Waals surface area (Å²) in [6.45, 7) is 1.21. The minimum Gasteiger partial charge on any atom is -0.423 e. The van der Waals surface area contributed by atoms with Crippen LogP contribution in [0.1, 0.15) is 49.6 Å². The lowest BCUT2D eigenvalue weighted by atomic mass is 9.89. The van der Waals surface area contributed by atoms with Gasteiger partial charge in [-0.3, -0.25) is 0 Å². The van der Waals surface area contributed by atoms with Crippen molar-refractivity contribution in [1.29, 1.82) is 5.26 Å². The normalized spacial score (nSPS) is 19.2. The Kier molecular flexibility index (Phi) is 5.56. The van der Waals surface area contributed by atoms with Gasteiger partial charge in [-0.2, -0.15) is 9.57 Å². The van der Waals surface area contributed by atoms with Crippen LogP contribution >= 0.6 is 0 Å². The van der Waals surface area contributed by atoms with Crippen molar-refractivity contribution in [3.63, 3.8) is 0 Å². The van der Waals surface area contributed by atoms with Gasteiger partial charge in [-0.1, -0.05) is 25.3 Å². The summed E-state index contributed by atoms with van der Waals surface area (Å²) in [4.78, 5) is 6.23. The third-order valence-electron chi connectivity index (χ3n) is 5.65. The monoisotopic (exact) mass is 418 g/mol. The minimum absolute atomic E-state index is 0.0529. The summed E-state index contributed by atoms with van der Waals surface area (Å²) in [5.74, 6) is 0.710. The molecule has 0 bridgehead atoms. The molecule has 1 saturated carbocycles. The number of anilines is 1. The molecule has 9 heteroatoms. The predicted octanol–water partition coefficient (Wildman–Crippen LogP) is 3.24. The van der Waals surface area contributed by atoms with Gasteiger partial charge < -0.3 is 9.32 Å². The molecule has 154 valence electrons. The molecule has 1 aromatic carbocycles. The summed E-state index contributed by atoms with van der Waals surface area (Å²) >= 11 is 0. The maximum atomic E-state index is 13.4. The summed E-state index contributed by atoms with van der Waals surface area (Å²) in [6.07, 6.45) is 5.54. The highest BCUT2D eigenvalue weighted by Gasteiger charge is 2.32. The molecule has 2 aromatic rings. The first-order valence-electron chi connectivity index (χ1n) is 9.90.